The summed E-state index contributed by atoms with van der Waals surface area (Å²) >= 11 is 0. The van der Waals surface area contributed by atoms with Gasteiger partial charge in [-0.25, -0.2) is 9.83 Å². The minimum Gasteiger partial charge on any atom is -0.460 e. The Bertz CT molecular complexity index is 956. The normalized spacial score (nSPS) is 10.2. The smallest absolute Gasteiger partial charge is 0.295 e. The molecule has 0 aliphatic rings. The maximum Gasteiger partial charge on any atom is 0.295 e. The Morgan fingerprint density at radius 1 is 1.17 bits per heavy atom. The molecule has 1 aromatic heterocycles. The number of H-pyrrole nitrogens is 1. The first-order valence-electron chi connectivity index (χ1n) is 7.43. The van der Waals surface area contributed by atoms with Crippen LogP contribution in [-0.4, -0.2) is 9.97 Å². The molecule has 0 aliphatic carbocycles. The van der Waals surface area contributed by atoms with Crippen LogP contribution in [0.2, 0.25) is 0 Å². The standard InChI is InChI=1S/C19H15N3O2/c1-13-7-6-8-14(11-13)12-24-19-21-16(15-9-4-3-5-10-15)17(20-2)18(23)22-19/h3-11H,12H2,1H3,(H,21,22,23). The molecule has 5 nitrogen and oxygen atoms in total. The van der Waals surface area contributed by atoms with E-state index in [2.05, 4.69) is 14.8 Å². The third-order valence-corrected chi connectivity index (χ3v) is 3.49. The third-order valence-electron chi connectivity index (χ3n) is 3.49. The molecule has 0 aliphatic heterocycles. The zero-order chi connectivity index (χ0) is 16.9. The van der Waals surface area contributed by atoms with Crippen molar-refractivity contribution in [3.8, 4) is 17.3 Å². The summed E-state index contributed by atoms with van der Waals surface area (Å²) < 4.78 is 5.62. The lowest BCUT2D eigenvalue weighted by atomic mass is 10.1. The predicted molar refractivity (Wildman–Crippen MR) is 92.1 cm³/mol. The molecule has 0 saturated carbocycles. The molecular weight excluding hydrogens is 302 g/mol. The highest BCUT2D eigenvalue weighted by Gasteiger charge is 2.14. The Morgan fingerprint density at radius 2 is 1.96 bits per heavy atom. The van der Waals surface area contributed by atoms with Gasteiger partial charge < -0.3 is 4.74 Å². The molecule has 0 unspecified atom stereocenters. The van der Waals surface area contributed by atoms with E-state index in [9.17, 15) is 4.79 Å². The molecule has 0 atom stereocenters. The number of aromatic amines is 1. The van der Waals surface area contributed by atoms with E-state index in [1.54, 1.807) is 12.1 Å². The molecule has 2 aromatic carbocycles. The van der Waals surface area contributed by atoms with Gasteiger partial charge >= 0.3 is 0 Å². The van der Waals surface area contributed by atoms with Gasteiger partial charge in [0.2, 0.25) is 0 Å². The van der Waals surface area contributed by atoms with Crippen LogP contribution in [0.15, 0.2) is 59.4 Å². The Labute approximate surface area is 139 Å². The fourth-order valence-corrected chi connectivity index (χ4v) is 2.37. The number of benzene rings is 2. The van der Waals surface area contributed by atoms with Crippen molar-refractivity contribution in [1.29, 1.82) is 0 Å². The molecule has 0 spiro atoms. The third kappa shape index (κ3) is 3.33. The minimum absolute atomic E-state index is 0.0379. The van der Waals surface area contributed by atoms with Gasteiger partial charge in [-0.3, -0.25) is 9.78 Å². The largest absolute Gasteiger partial charge is 0.460 e. The van der Waals surface area contributed by atoms with Crippen LogP contribution in [0.3, 0.4) is 0 Å². The highest BCUT2D eigenvalue weighted by Crippen LogP contribution is 2.26. The zero-order valence-electron chi connectivity index (χ0n) is 13.1. The molecule has 1 N–H and O–H groups in total. The summed E-state index contributed by atoms with van der Waals surface area (Å²) in [5.74, 6) is 0. The number of nitrogens with one attached hydrogen (secondary N) is 1. The Hall–Kier alpha value is -3.39. The van der Waals surface area contributed by atoms with Crippen molar-refractivity contribution in [3.05, 3.63) is 87.5 Å². The first-order valence-corrected chi connectivity index (χ1v) is 7.43. The summed E-state index contributed by atoms with van der Waals surface area (Å²) in [6, 6.07) is 17.1. The van der Waals surface area contributed by atoms with E-state index in [0.717, 1.165) is 11.1 Å². The van der Waals surface area contributed by atoms with Crippen LogP contribution in [0.5, 0.6) is 6.01 Å². The SMILES string of the molecule is [C-]#[N+]c1c(-c2ccccc2)nc(OCc2cccc(C)c2)[nH]c1=O. The quantitative estimate of drug-likeness (QED) is 0.743. The second kappa shape index (κ2) is 6.80. The second-order valence-corrected chi connectivity index (χ2v) is 5.32. The Morgan fingerprint density at radius 3 is 2.67 bits per heavy atom. The average Bonchev–Trinajstić information content (AvgIpc) is 2.60. The highest BCUT2D eigenvalue weighted by atomic mass is 16.5. The fourth-order valence-electron chi connectivity index (χ4n) is 2.37. The van der Waals surface area contributed by atoms with E-state index >= 15 is 0 Å². The number of ether oxygens (including phenoxy) is 1. The van der Waals surface area contributed by atoms with Crippen molar-refractivity contribution >= 4 is 5.69 Å². The zero-order valence-corrected chi connectivity index (χ0v) is 13.1. The van der Waals surface area contributed by atoms with Gasteiger partial charge in [0.1, 0.15) is 6.61 Å². The lowest BCUT2D eigenvalue weighted by molar-refractivity contribution is 0.280. The van der Waals surface area contributed by atoms with Crippen molar-refractivity contribution < 1.29 is 4.74 Å². The fraction of sp³-hybridized carbons (Fsp3) is 0.105. The maximum atomic E-state index is 12.1. The van der Waals surface area contributed by atoms with Gasteiger partial charge in [-0.1, -0.05) is 60.2 Å². The maximum absolute atomic E-state index is 12.1. The topological polar surface area (TPSA) is 59.3 Å². The summed E-state index contributed by atoms with van der Waals surface area (Å²) in [4.78, 5) is 22.3. The van der Waals surface area contributed by atoms with Gasteiger partial charge in [-0.15, -0.1) is 0 Å². The van der Waals surface area contributed by atoms with E-state index in [0.29, 0.717) is 11.3 Å². The van der Waals surface area contributed by atoms with E-state index in [1.165, 1.54) is 0 Å². The van der Waals surface area contributed by atoms with Crippen molar-refractivity contribution in [1.82, 2.24) is 9.97 Å². The molecule has 0 radical (unpaired) electrons. The number of aryl methyl sites for hydroxylation is 1. The van der Waals surface area contributed by atoms with Gasteiger partial charge in [0.05, 0.1) is 12.3 Å². The van der Waals surface area contributed by atoms with Crippen LogP contribution in [0, 0.1) is 13.5 Å². The number of aromatic nitrogens is 2. The summed E-state index contributed by atoms with van der Waals surface area (Å²) in [5.41, 5.74) is 2.60. The van der Waals surface area contributed by atoms with Gasteiger partial charge in [0, 0.05) is 0 Å². The number of nitrogens with zero attached hydrogens (tertiary/aromatic N) is 2. The summed E-state index contributed by atoms with van der Waals surface area (Å²) in [7, 11) is 0. The molecule has 0 bridgehead atoms. The van der Waals surface area contributed by atoms with Crippen molar-refractivity contribution in [2.24, 2.45) is 0 Å². The van der Waals surface area contributed by atoms with Crippen LogP contribution < -0.4 is 10.3 Å². The monoisotopic (exact) mass is 317 g/mol. The van der Waals surface area contributed by atoms with Crippen LogP contribution in [0.25, 0.3) is 16.1 Å². The van der Waals surface area contributed by atoms with Crippen LogP contribution in [0.4, 0.5) is 5.69 Å². The van der Waals surface area contributed by atoms with Gasteiger partial charge in [-0.05, 0) is 18.1 Å². The van der Waals surface area contributed by atoms with E-state index < -0.39 is 5.56 Å². The van der Waals surface area contributed by atoms with E-state index in [-0.39, 0.29) is 18.3 Å². The van der Waals surface area contributed by atoms with Crippen LogP contribution >= 0.6 is 0 Å². The van der Waals surface area contributed by atoms with Crippen molar-refractivity contribution in [2.45, 2.75) is 13.5 Å². The van der Waals surface area contributed by atoms with Gasteiger partial charge in [0.25, 0.3) is 17.3 Å². The first kappa shape index (κ1) is 15.5. The van der Waals surface area contributed by atoms with Crippen molar-refractivity contribution in [2.75, 3.05) is 0 Å². The van der Waals surface area contributed by atoms with Crippen LogP contribution in [-0.2, 0) is 6.61 Å². The Balaban J connectivity index is 1.94. The molecule has 0 amide bonds. The molecule has 3 rings (SSSR count). The van der Waals surface area contributed by atoms with Crippen molar-refractivity contribution in [3.63, 3.8) is 0 Å². The second-order valence-electron chi connectivity index (χ2n) is 5.32. The molecule has 0 fully saturated rings. The summed E-state index contributed by atoms with van der Waals surface area (Å²) in [5, 5.41) is 0. The molecule has 24 heavy (non-hydrogen) atoms. The molecule has 0 saturated heterocycles. The minimum atomic E-state index is -0.502. The number of rotatable bonds is 4. The molecule has 118 valence electrons. The molecule has 1 heterocycles. The highest BCUT2D eigenvalue weighted by molar-refractivity contribution is 5.74. The lowest BCUT2D eigenvalue weighted by Gasteiger charge is -2.09. The molecular formula is C19H15N3O2. The van der Waals surface area contributed by atoms with E-state index in [4.69, 9.17) is 11.3 Å². The van der Waals surface area contributed by atoms with Gasteiger partial charge in [-0.2, -0.15) is 0 Å². The molecule has 3 aromatic rings. The summed E-state index contributed by atoms with van der Waals surface area (Å²) in [6.07, 6.45) is 0. The number of hydrogen-bond acceptors (Lipinski definition) is 3. The van der Waals surface area contributed by atoms with Crippen LogP contribution in [0.1, 0.15) is 11.1 Å². The predicted octanol–water partition coefficient (Wildman–Crippen LogP) is 3.88. The first-order chi connectivity index (χ1) is 11.7. The Kier molecular flexibility index (Phi) is 4.39. The van der Waals surface area contributed by atoms with E-state index in [1.807, 2.05) is 49.4 Å². The summed E-state index contributed by atoms with van der Waals surface area (Å²) in [6.45, 7) is 9.52. The molecule has 5 heteroatoms. The average molecular weight is 317 g/mol. The van der Waals surface area contributed by atoms with Gasteiger partial charge in [0.15, 0.2) is 0 Å². The lowest BCUT2D eigenvalue weighted by Crippen LogP contribution is -2.11. The number of hydrogen-bond donors (Lipinski definition) is 1.